The van der Waals surface area contributed by atoms with Gasteiger partial charge in [0.15, 0.2) is 0 Å². The summed E-state index contributed by atoms with van der Waals surface area (Å²) in [7, 11) is 0. The van der Waals surface area contributed by atoms with E-state index >= 15 is 0 Å². The van der Waals surface area contributed by atoms with Crippen LogP contribution >= 0.6 is 0 Å². The monoisotopic (exact) mass is 228 g/mol. The Bertz CT molecular complexity index is 214. The van der Waals surface area contributed by atoms with E-state index in [9.17, 15) is 4.79 Å². The predicted octanol–water partition coefficient (Wildman–Crippen LogP) is -0.913. The smallest absolute Gasteiger partial charge is 0.231 e. The van der Waals surface area contributed by atoms with Gasteiger partial charge in [-0.15, -0.1) is 0 Å². The first-order valence-electron chi connectivity index (χ1n) is 6.05. The summed E-state index contributed by atoms with van der Waals surface area (Å²) in [5, 5.41) is 3.33. The lowest BCUT2D eigenvalue weighted by Gasteiger charge is -2.31. The van der Waals surface area contributed by atoms with Gasteiger partial charge in [-0.05, 0) is 13.8 Å². The Morgan fingerprint density at radius 2 is 2.06 bits per heavy atom. The lowest BCUT2D eigenvalue weighted by atomic mass is 10.3. The van der Waals surface area contributed by atoms with E-state index < -0.39 is 0 Å². The molecule has 0 aromatic heterocycles. The zero-order valence-corrected chi connectivity index (χ0v) is 10.4. The molecule has 1 rings (SSSR count). The fourth-order valence-corrected chi connectivity index (χ4v) is 1.92. The number of hydrogen-bond donors (Lipinski definition) is 2. The van der Waals surface area contributed by atoms with Crippen molar-refractivity contribution >= 4 is 5.91 Å². The third-order valence-electron chi connectivity index (χ3n) is 3.00. The van der Waals surface area contributed by atoms with Crippen LogP contribution in [0.5, 0.6) is 0 Å². The number of nitrogens with two attached hydrogens (primary N) is 1. The number of nitrogens with one attached hydrogen (secondary N) is 1. The topological polar surface area (TPSA) is 61.6 Å². The summed E-state index contributed by atoms with van der Waals surface area (Å²) in [6.07, 6.45) is 0. The normalized spacial score (nSPS) is 18.2. The number of rotatable bonds is 6. The Morgan fingerprint density at radius 1 is 1.44 bits per heavy atom. The fourth-order valence-electron chi connectivity index (χ4n) is 1.92. The van der Waals surface area contributed by atoms with Crippen molar-refractivity contribution in [3.63, 3.8) is 0 Å². The molecule has 0 radical (unpaired) electrons. The van der Waals surface area contributed by atoms with Crippen LogP contribution in [0.1, 0.15) is 13.8 Å². The average Bonchev–Trinajstić information content (AvgIpc) is 2.25. The minimum absolute atomic E-state index is 0.242. The van der Waals surface area contributed by atoms with Crippen molar-refractivity contribution in [3.05, 3.63) is 0 Å². The van der Waals surface area contributed by atoms with Gasteiger partial charge in [-0.25, -0.2) is 0 Å². The molecule has 1 aliphatic rings. The predicted molar refractivity (Wildman–Crippen MR) is 65.2 cm³/mol. The first-order valence-corrected chi connectivity index (χ1v) is 6.05. The van der Waals surface area contributed by atoms with E-state index in [1.165, 1.54) is 0 Å². The van der Waals surface area contributed by atoms with E-state index in [0.717, 1.165) is 39.3 Å². The molecule has 0 aromatic rings. The van der Waals surface area contributed by atoms with Crippen molar-refractivity contribution in [2.75, 3.05) is 45.8 Å². The second kappa shape index (κ2) is 6.83. The van der Waals surface area contributed by atoms with Crippen LogP contribution in [0, 0.1) is 0 Å². The first-order chi connectivity index (χ1) is 7.59. The average molecular weight is 228 g/mol. The number of primary amides is 1. The molecule has 94 valence electrons. The molecule has 5 nitrogen and oxygen atoms in total. The molecule has 0 unspecified atom stereocenters. The zero-order valence-electron chi connectivity index (χ0n) is 10.4. The summed E-state index contributed by atoms with van der Waals surface area (Å²) >= 11 is 0. The van der Waals surface area contributed by atoms with E-state index in [-0.39, 0.29) is 5.91 Å². The first kappa shape index (κ1) is 13.4. The third-order valence-corrected chi connectivity index (χ3v) is 3.00. The van der Waals surface area contributed by atoms with Gasteiger partial charge in [0, 0.05) is 45.3 Å². The van der Waals surface area contributed by atoms with Crippen LogP contribution in [0.4, 0.5) is 0 Å². The lowest BCUT2D eigenvalue weighted by Crippen LogP contribution is -2.48. The Labute approximate surface area is 98.0 Å². The Hall–Kier alpha value is -0.650. The van der Waals surface area contributed by atoms with Gasteiger partial charge < -0.3 is 11.1 Å². The Kier molecular flexibility index (Phi) is 5.73. The van der Waals surface area contributed by atoms with Gasteiger partial charge >= 0.3 is 0 Å². The van der Waals surface area contributed by atoms with E-state index in [4.69, 9.17) is 5.73 Å². The number of piperazine rings is 1. The number of hydrogen-bond acceptors (Lipinski definition) is 4. The zero-order chi connectivity index (χ0) is 12.0. The van der Waals surface area contributed by atoms with E-state index in [1.807, 2.05) is 0 Å². The maximum atomic E-state index is 10.9. The Morgan fingerprint density at radius 3 is 2.56 bits per heavy atom. The molecule has 0 spiro atoms. The largest absolute Gasteiger partial charge is 0.369 e. The number of carbonyl (C=O) groups is 1. The van der Waals surface area contributed by atoms with Gasteiger partial charge in [-0.3, -0.25) is 14.6 Å². The van der Waals surface area contributed by atoms with Crippen molar-refractivity contribution in [1.29, 1.82) is 0 Å². The minimum Gasteiger partial charge on any atom is -0.369 e. The molecule has 1 amide bonds. The van der Waals surface area contributed by atoms with Crippen LogP contribution in [-0.4, -0.2) is 67.6 Å². The van der Waals surface area contributed by atoms with Crippen molar-refractivity contribution in [2.24, 2.45) is 5.73 Å². The maximum absolute atomic E-state index is 10.9. The van der Waals surface area contributed by atoms with Gasteiger partial charge in [0.05, 0.1) is 6.54 Å². The lowest BCUT2D eigenvalue weighted by molar-refractivity contribution is -0.119. The summed E-state index contributed by atoms with van der Waals surface area (Å²) in [5.74, 6) is -0.242. The van der Waals surface area contributed by atoms with Crippen LogP contribution in [-0.2, 0) is 4.79 Å². The molecule has 3 N–H and O–H groups in total. The molecule has 0 aliphatic carbocycles. The molecular formula is C11H24N4O. The van der Waals surface area contributed by atoms with Crippen molar-refractivity contribution in [1.82, 2.24) is 15.1 Å². The van der Waals surface area contributed by atoms with Crippen molar-refractivity contribution in [3.8, 4) is 0 Å². The number of carbonyl (C=O) groups excluding carboxylic acids is 1. The fraction of sp³-hybridized carbons (Fsp3) is 0.909. The van der Waals surface area contributed by atoms with Crippen LogP contribution in [0.2, 0.25) is 0 Å². The second-order valence-electron chi connectivity index (χ2n) is 4.62. The Balaban J connectivity index is 2.28. The summed E-state index contributed by atoms with van der Waals surface area (Å²) < 4.78 is 0. The van der Waals surface area contributed by atoms with E-state index in [0.29, 0.717) is 12.6 Å². The standard InChI is InChI=1S/C11H24N4O/c1-10(2)15(9-11(12)16)8-7-14-5-3-13-4-6-14/h10,13H,3-9H2,1-2H3,(H2,12,16). The number of amides is 1. The molecule has 16 heavy (non-hydrogen) atoms. The van der Waals surface area contributed by atoms with E-state index in [1.54, 1.807) is 0 Å². The molecular weight excluding hydrogens is 204 g/mol. The van der Waals surface area contributed by atoms with Gasteiger partial charge in [0.2, 0.25) is 5.91 Å². The van der Waals surface area contributed by atoms with Gasteiger partial charge in [0.1, 0.15) is 0 Å². The summed E-state index contributed by atoms with van der Waals surface area (Å²) in [6, 6.07) is 0.371. The molecule has 0 bridgehead atoms. The molecule has 0 saturated carbocycles. The molecule has 1 saturated heterocycles. The SMILES string of the molecule is CC(C)N(CCN1CCNCC1)CC(N)=O. The highest BCUT2D eigenvalue weighted by atomic mass is 16.1. The highest BCUT2D eigenvalue weighted by molar-refractivity contribution is 5.75. The van der Waals surface area contributed by atoms with Crippen LogP contribution in [0.3, 0.4) is 0 Å². The minimum atomic E-state index is -0.242. The van der Waals surface area contributed by atoms with Crippen LogP contribution in [0.25, 0.3) is 0 Å². The van der Waals surface area contributed by atoms with Gasteiger partial charge in [-0.1, -0.05) is 0 Å². The van der Waals surface area contributed by atoms with E-state index in [2.05, 4.69) is 29.0 Å². The summed E-state index contributed by atoms with van der Waals surface area (Å²) in [6.45, 7) is 10.8. The quantitative estimate of drug-likeness (QED) is 0.618. The molecule has 1 heterocycles. The second-order valence-corrected chi connectivity index (χ2v) is 4.62. The highest BCUT2D eigenvalue weighted by Crippen LogP contribution is 1.99. The van der Waals surface area contributed by atoms with Crippen LogP contribution in [0.15, 0.2) is 0 Å². The molecule has 5 heteroatoms. The maximum Gasteiger partial charge on any atom is 0.231 e. The summed E-state index contributed by atoms with van der Waals surface area (Å²) in [5.41, 5.74) is 5.24. The highest BCUT2D eigenvalue weighted by Gasteiger charge is 2.15. The third kappa shape index (κ3) is 4.92. The van der Waals surface area contributed by atoms with Crippen LogP contribution < -0.4 is 11.1 Å². The van der Waals surface area contributed by atoms with Gasteiger partial charge in [0.25, 0.3) is 0 Å². The molecule has 1 aliphatic heterocycles. The van der Waals surface area contributed by atoms with Gasteiger partial charge in [-0.2, -0.15) is 0 Å². The molecule has 1 fully saturated rings. The van der Waals surface area contributed by atoms with Crippen molar-refractivity contribution in [2.45, 2.75) is 19.9 Å². The molecule has 0 atom stereocenters. The molecule has 0 aromatic carbocycles. The van der Waals surface area contributed by atoms with Crippen molar-refractivity contribution < 1.29 is 4.79 Å². The summed E-state index contributed by atoms with van der Waals surface area (Å²) in [4.78, 5) is 15.5. The number of nitrogens with zero attached hydrogens (tertiary/aromatic N) is 2.